The molecule has 0 aliphatic heterocycles. The Balaban J connectivity index is 2.22. The maximum atomic E-state index is 12.4. The van der Waals surface area contributed by atoms with Crippen LogP contribution in [-0.2, 0) is 0 Å². The molecule has 0 unspecified atom stereocenters. The Morgan fingerprint density at radius 2 is 1.75 bits per heavy atom. The minimum absolute atomic E-state index is 0.0211. The Morgan fingerprint density at radius 3 is 2.35 bits per heavy atom. The molecule has 20 heavy (non-hydrogen) atoms. The average molecular weight is 333 g/mol. The molecule has 0 aromatic heterocycles. The fourth-order valence-corrected chi connectivity index (χ4v) is 2.34. The highest BCUT2D eigenvalue weighted by atomic mass is 79.9. The first-order chi connectivity index (χ1) is 9.61. The number of ketones is 1. The molecule has 0 N–H and O–H groups in total. The molecule has 0 fully saturated rings. The quantitative estimate of drug-likeness (QED) is 0.736. The second-order valence-corrected chi connectivity index (χ2v) is 5.54. The lowest BCUT2D eigenvalue weighted by atomic mass is 10.0. The predicted molar refractivity (Wildman–Crippen MR) is 84.5 cm³/mol. The molecule has 104 valence electrons. The molecule has 0 atom stereocenters. The van der Waals surface area contributed by atoms with E-state index < -0.39 is 0 Å². The van der Waals surface area contributed by atoms with Crippen LogP contribution in [0.15, 0.2) is 46.9 Å². The first kappa shape index (κ1) is 14.8. The molecule has 2 aromatic rings. The van der Waals surface area contributed by atoms with Gasteiger partial charge < -0.3 is 4.74 Å². The number of benzene rings is 2. The number of hydrogen-bond donors (Lipinski definition) is 0. The van der Waals surface area contributed by atoms with Crippen LogP contribution in [0.1, 0.15) is 34.8 Å². The summed E-state index contributed by atoms with van der Waals surface area (Å²) in [6.07, 6.45) is 0.955. The molecule has 0 amide bonds. The van der Waals surface area contributed by atoms with Gasteiger partial charge in [-0.1, -0.05) is 36.8 Å². The summed E-state index contributed by atoms with van der Waals surface area (Å²) in [6, 6.07) is 13.1. The molecule has 0 heterocycles. The Labute approximate surface area is 127 Å². The first-order valence-corrected chi connectivity index (χ1v) is 7.45. The fourth-order valence-electron chi connectivity index (χ4n) is 1.84. The zero-order chi connectivity index (χ0) is 14.5. The number of aryl methyl sites for hydroxylation is 1. The van der Waals surface area contributed by atoms with Gasteiger partial charge in [0.25, 0.3) is 0 Å². The van der Waals surface area contributed by atoms with E-state index >= 15 is 0 Å². The summed E-state index contributed by atoms with van der Waals surface area (Å²) >= 11 is 3.45. The van der Waals surface area contributed by atoms with Gasteiger partial charge in [0.05, 0.1) is 11.1 Å². The lowest BCUT2D eigenvalue weighted by molar-refractivity contribution is 0.103. The Kier molecular flexibility index (Phi) is 4.96. The lowest BCUT2D eigenvalue weighted by Crippen LogP contribution is -2.02. The van der Waals surface area contributed by atoms with Crippen LogP contribution in [0, 0.1) is 6.92 Å². The van der Waals surface area contributed by atoms with E-state index in [-0.39, 0.29) is 5.78 Å². The lowest BCUT2D eigenvalue weighted by Gasteiger charge is -2.08. The Bertz CT molecular complexity index is 603. The monoisotopic (exact) mass is 332 g/mol. The molecule has 2 aromatic carbocycles. The normalized spacial score (nSPS) is 10.3. The van der Waals surface area contributed by atoms with Gasteiger partial charge in [-0.3, -0.25) is 4.79 Å². The second-order valence-electron chi connectivity index (χ2n) is 4.69. The van der Waals surface area contributed by atoms with E-state index in [9.17, 15) is 4.79 Å². The van der Waals surface area contributed by atoms with Crippen molar-refractivity contribution in [3.63, 3.8) is 0 Å². The van der Waals surface area contributed by atoms with E-state index in [1.165, 1.54) is 0 Å². The van der Waals surface area contributed by atoms with Crippen LogP contribution >= 0.6 is 15.9 Å². The molecule has 3 heteroatoms. The zero-order valence-corrected chi connectivity index (χ0v) is 13.2. The Hall–Kier alpha value is -1.61. The van der Waals surface area contributed by atoms with Crippen molar-refractivity contribution >= 4 is 21.7 Å². The van der Waals surface area contributed by atoms with Crippen molar-refractivity contribution in [3.05, 3.63) is 63.6 Å². The van der Waals surface area contributed by atoms with Gasteiger partial charge in [0.15, 0.2) is 5.78 Å². The highest BCUT2D eigenvalue weighted by molar-refractivity contribution is 9.10. The van der Waals surface area contributed by atoms with Crippen molar-refractivity contribution < 1.29 is 9.53 Å². The van der Waals surface area contributed by atoms with Crippen molar-refractivity contribution in [3.8, 4) is 5.75 Å². The highest BCUT2D eigenvalue weighted by Crippen LogP contribution is 2.27. The first-order valence-electron chi connectivity index (χ1n) is 6.65. The molecular formula is C17H17BrO2. The summed E-state index contributed by atoms with van der Waals surface area (Å²) in [7, 11) is 0. The summed E-state index contributed by atoms with van der Waals surface area (Å²) in [6.45, 7) is 4.73. The fraction of sp³-hybridized carbons (Fsp3) is 0.235. The van der Waals surface area contributed by atoms with Crippen molar-refractivity contribution in [1.82, 2.24) is 0 Å². The van der Waals surface area contributed by atoms with E-state index in [1.807, 2.05) is 43.3 Å². The molecule has 2 nitrogen and oxygen atoms in total. The maximum absolute atomic E-state index is 12.4. The Morgan fingerprint density at radius 1 is 1.10 bits per heavy atom. The van der Waals surface area contributed by atoms with E-state index in [0.29, 0.717) is 17.7 Å². The summed E-state index contributed by atoms with van der Waals surface area (Å²) in [5, 5.41) is 0. The minimum Gasteiger partial charge on any atom is -0.492 e. The molecule has 0 aliphatic rings. The van der Waals surface area contributed by atoms with Gasteiger partial charge in [-0.25, -0.2) is 0 Å². The highest BCUT2D eigenvalue weighted by Gasteiger charge is 2.11. The topological polar surface area (TPSA) is 26.3 Å². The van der Waals surface area contributed by atoms with Crippen LogP contribution in [0.4, 0.5) is 0 Å². The number of rotatable bonds is 5. The third kappa shape index (κ3) is 3.48. The van der Waals surface area contributed by atoms with Crippen LogP contribution in [0.5, 0.6) is 5.75 Å². The molecule has 0 spiro atoms. The van der Waals surface area contributed by atoms with E-state index in [4.69, 9.17) is 4.74 Å². The van der Waals surface area contributed by atoms with Gasteiger partial charge >= 0.3 is 0 Å². The number of hydrogen-bond acceptors (Lipinski definition) is 2. The third-order valence-corrected chi connectivity index (χ3v) is 3.59. The molecule has 0 aliphatic carbocycles. The van der Waals surface area contributed by atoms with Gasteiger partial charge in [-0.2, -0.15) is 0 Å². The maximum Gasteiger partial charge on any atom is 0.193 e. The number of halogens is 1. The molecule has 0 saturated heterocycles. The van der Waals surface area contributed by atoms with Gasteiger partial charge in [0, 0.05) is 11.1 Å². The summed E-state index contributed by atoms with van der Waals surface area (Å²) in [5.41, 5.74) is 2.50. The van der Waals surface area contributed by atoms with Crippen molar-refractivity contribution in [2.75, 3.05) is 6.61 Å². The van der Waals surface area contributed by atoms with Crippen molar-refractivity contribution in [2.24, 2.45) is 0 Å². The van der Waals surface area contributed by atoms with Crippen LogP contribution in [0.2, 0.25) is 0 Å². The average Bonchev–Trinajstić information content (AvgIpc) is 2.46. The number of carbonyl (C=O) groups excluding carboxylic acids is 1. The molecule has 0 radical (unpaired) electrons. The summed E-state index contributed by atoms with van der Waals surface area (Å²) < 4.78 is 6.39. The van der Waals surface area contributed by atoms with E-state index in [0.717, 1.165) is 22.2 Å². The summed E-state index contributed by atoms with van der Waals surface area (Å²) in [5.74, 6) is 0.792. The van der Waals surface area contributed by atoms with Crippen molar-refractivity contribution in [1.29, 1.82) is 0 Å². The summed E-state index contributed by atoms with van der Waals surface area (Å²) in [4.78, 5) is 12.4. The van der Waals surface area contributed by atoms with Gasteiger partial charge in [0.1, 0.15) is 5.75 Å². The number of ether oxygens (including phenoxy) is 1. The SMILES string of the molecule is CCCOc1ccc(C(=O)c2ccc(C)cc2)cc1Br. The molecule has 0 saturated carbocycles. The van der Waals surface area contributed by atoms with Crippen molar-refractivity contribution in [2.45, 2.75) is 20.3 Å². The van der Waals surface area contributed by atoms with Gasteiger partial charge in [0.2, 0.25) is 0 Å². The molecular weight excluding hydrogens is 316 g/mol. The van der Waals surface area contributed by atoms with Crippen LogP contribution in [-0.4, -0.2) is 12.4 Å². The minimum atomic E-state index is 0.0211. The van der Waals surface area contributed by atoms with Crippen LogP contribution in [0.3, 0.4) is 0 Å². The zero-order valence-electron chi connectivity index (χ0n) is 11.7. The molecule has 0 bridgehead atoms. The second kappa shape index (κ2) is 6.71. The standard InChI is InChI=1S/C17H17BrO2/c1-3-10-20-16-9-8-14(11-15(16)18)17(19)13-6-4-12(2)5-7-13/h4-9,11H,3,10H2,1-2H3. The molecule has 2 rings (SSSR count). The van der Waals surface area contributed by atoms with E-state index in [1.54, 1.807) is 6.07 Å². The van der Waals surface area contributed by atoms with Crippen LogP contribution in [0.25, 0.3) is 0 Å². The smallest absolute Gasteiger partial charge is 0.193 e. The van der Waals surface area contributed by atoms with Gasteiger partial charge in [-0.15, -0.1) is 0 Å². The largest absolute Gasteiger partial charge is 0.492 e. The van der Waals surface area contributed by atoms with Crippen LogP contribution < -0.4 is 4.74 Å². The van der Waals surface area contributed by atoms with E-state index in [2.05, 4.69) is 22.9 Å². The van der Waals surface area contributed by atoms with Gasteiger partial charge in [-0.05, 0) is 47.5 Å². The third-order valence-electron chi connectivity index (χ3n) is 2.97. The predicted octanol–water partition coefficient (Wildman–Crippen LogP) is 4.78. The number of carbonyl (C=O) groups is 1.